The van der Waals surface area contributed by atoms with Gasteiger partial charge in [-0.3, -0.25) is 0 Å². The van der Waals surface area contributed by atoms with Crippen molar-refractivity contribution in [1.29, 1.82) is 0 Å². The van der Waals surface area contributed by atoms with Crippen LogP contribution in [0.15, 0.2) is 41.0 Å². The monoisotopic (exact) mass is 408 g/mol. The molecule has 0 radical (unpaired) electrons. The zero-order valence-electron chi connectivity index (χ0n) is 17.2. The molecule has 7 heteroatoms. The van der Waals surface area contributed by atoms with E-state index in [2.05, 4.69) is 46.5 Å². The molecule has 156 valence electrons. The lowest BCUT2D eigenvalue weighted by Crippen LogP contribution is -2.38. The first-order valence-electron chi connectivity index (χ1n) is 10.4. The van der Waals surface area contributed by atoms with Crippen molar-refractivity contribution < 1.29 is 13.5 Å². The molecule has 2 N–H and O–H groups in total. The van der Waals surface area contributed by atoms with Crippen LogP contribution in [0.25, 0.3) is 11.3 Å². The maximum atomic E-state index is 14.7. The number of benzene rings is 2. The minimum Gasteiger partial charge on any atom is -0.486 e. The van der Waals surface area contributed by atoms with Crippen LogP contribution in [0, 0.1) is 5.82 Å². The van der Waals surface area contributed by atoms with Crippen LogP contribution in [0.2, 0.25) is 0 Å². The molecule has 0 spiro atoms. The van der Waals surface area contributed by atoms with Gasteiger partial charge in [0, 0.05) is 23.8 Å². The van der Waals surface area contributed by atoms with E-state index in [-0.39, 0.29) is 11.9 Å². The molecule has 2 aromatic carbocycles. The van der Waals surface area contributed by atoms with E-state index in [4.69, 9.17) is 9.15 Å². The van der Waals surface area contributed by atoms with Crippen molar-refractivity contribution in [3.8, 4) is 17.0 Å². The third-order valence-corrected chi connectivity index (χ3v) is 5.68. The first kappa shape index (κ1) is 18.9. The predicted molar refractivity (Wildman–Crippen MR) is 115 cm³/mol. The number of rotatable bonds is 4. The Morgan fingerprint density at radius 2 is 2.10 bits per heavy atom. The predicted octanol–water partition coefficient (Wildman–Crippen LogP) is 4.48. The molecule has 0 unspecified atom stereocenters. The van der Waals surface area contributed by atoms with Crippen molar-refractivity contribution in [3.05, 3.63) is 53.5 Å². The van der Waals surface area contributed by atoms with Crippen molar-refractivity contribution in [2.24, 2.45) is 0 Å². The average molecular weight is 408 g/mol. The number of hydrogen-bond acceptors (Lipinski definition) is 6. The Morgan fingerprint density at radius 3 is 2.97 bits per heavy atom. The van der Waals surface area contributed by atoms with Crippen LogP contribution in [-0.2, 0) is 13.0 Å². The fraction of sp³-hybridized carbons (Fsp3) is 0.348. The molecule has 3 heterocycles. The van der Waals surface area contributed by atoms with Crippen LogP contribution >= 0.6 is 0 Å². The Bertz CT molecular complexity index is 1080. The van der Waals surface area contributed by atoms with Crippen molar-refractivity contribution in [2.75, 3.05) is 29.9 Å². The van der Waals surface area contributed by atoms with Crippen molar-refractivity contribution >= 4 is 17.4 Å². The summed E-state index contributed by atoms with van der Waals surface area (Å²) in [6.45, 7) is 7.27. The molecule has 0 bridgehead atoms. The molecular formula is C23H25FN4O2. The quantitative estimate of drug-likeness (QED) is 0.664. The van der Waals surface area contributed by atoms with Crippen LogP contribution in [0.5, 0.6) is 5.75 Å². The van der Waals surface area contributed by atoms with Gasteiger partial charge in [-0.1, -0.05) is 6.07 Å². The SMILES string of the molecule is CC(C)N1CCOc2c(F)cc(-c3coc(Nc4ccc5c(c4)CNCC5)n3)cc21. The van der Waals surface area contributed by atoms with Crippen LogP contribution in [-0.4, -0.2) is 30.7 Å². The van der Waals surface area contributed by atoms with E-state index >= 15 is 0 Å². The summed E-state index contributed by atoms with van der Waals surface area (Å²) in [5.74, 6) is -0.0734. The summed E-state index contributed by atoms with van der Waals surface area (Å²) in [6, 6.07) is 10.3. The van der Waals surface area contributed by atoms with Crippen molar-refractivity contribution in [1.82, 2.24) is 10.3 Å². The summed E-state index contributed by atoms with van der Waals surface area (Å²) in [6.07, 6.45) is 2.59. The van der Waals surface area contributed by atoms with E-state index in [1.807, 2.05) is 12.1 Å². The lowest BCUT2D eigenvalue weighted by Gasteiger charge is -2.34. The second kappa shape index (κ2) is 7.65. The molecule has 0 saturated heterocycles. The second-order valence-corrected chi connectivity index (χ2v) is 8.02. The van der Waals surface area contributed by atoms with Gasteiger partial charge in [0.25, 0.3) is 6.01 Å². The molecule has 0 saturated carbocycles. The van der Waals surface area contributed by atoms with Crippen LogP contribution in [0.4, 0.5) is 21.8 Å². The number of nitrogens with one attached hydrogen (secondary N) is 2. The number of oxazole rings is 1. The van der Waals surface area contributed by atoms with Gasteiger partial charge >= 0.3 is 0 Å². The summed E-state index contributed by atoms with van der Waals surface area (Å²) in [5.41, 5.74) is 5.56. The van der Waals surface area contributed by atoms with Gasteiger partial charge in [-0.25, -0.2) is 4.39 Å². The standard InChI is InChI=1S/C23H25FN4O2/c1-14(2)28-7-8-29-22-19(24)10-16(11-21(22)28)20-13-30-23(27-20)26-18-4-3-15-5-6-25-12-17(15)9-18/h3-4,9-11,13-14,25H,5-8,12H2,1-2H3,(H,26,27). The number of fused-ring (bicyclic) bond motifs is 2. The molecule has 0 aliphatic carbocycles. The van der Waals surface area contributed by atoms with Gasteiger partial charge in [-0.15, -0.1) is 0 Å². The highest BCUT2D eigenvalue weighted by Gasteiger charge is 2.25. The summed E-state index contributed by atoms with van der Waals surface area (Å²) in [4.78, 5) is 6.67. The third-order valence-electron chi connectivity index (χ3n) is 5.68. The fourth-order valence-corrected chi connectivity index (χ4v) is 4.13. The van der Waals surface area contributed by atoms with Gasteiger partial charge in [0.05, 0.1) is 12.2 Å². The van der Waals surface area contributed by atoms with E-state index < -0.39 is 0 Å². The topological polar surface area (TPSA) is 62.6 Å². The maximum absolute atomic E-state index is 14.7. The van der Waals surface area contributed by atoms with Gasteiger partial charge in [-0.05, 0) is 62.2 Å². The fourth-order valence-electron chi connectivity index (χ4n) is 4.13. The highest BCUT2D eigenvalue weighted by atomic mass is 19.1. The molecule has 2 aliphatic heterocycles. The molecule has 1 aromatic heterocycles. The average Bonchev–Trinajstić information content (AvgIpc) is 3.21. The number of halogens is 1. The molecule has 2 aliphatic rings. The Hall–Kier alpha value is -3.06. The Kier molecular flexibility index (Phi) is 4.83. The molecular weight excluding hydrogens is 383 g/mol. The molecule has 30 heavy (non-hydrogen) atoms. The third kappa shape index (κ3) is 3.50. The first-order valence-corrected chi connectivity index (χ1v) is 10.4. The normalized spacial score (nSPS) is 15.5. The maximum Gasteiger partial charge on any atom is 0.299 e. The first-order chi connectivity index (χ1) is 14.6. The molecule has 3 aromatic rings. The van der Waals surface area contributed by atoms with Gasteiger partial charge in [-0.2, -0.15) is 4.98 Å². The molecule has 6 nitrogen and oxygen atoms in total. The lowest BCUT2D eigenvalue weighted by molar-refractivity contribution is 0.287. The molecule has 0 fully saturated rings. The van der Waals surface area contributed by atoms with Gasteiger partial charge in [0.2, 0.25) is 0 Å². The number of nitrogens with zero attached hydrogens (tertiary/aromatic N) is 2. The zero-order valence-corrected chi connectivity index (χ0v) is 17.2. The minimum absolute atomic E-state index is 0.246. The highest BCUT2D eigenvalue weighted by molar-refractivity contribution is 5.72. The number of anilines is 3. The molecule has 0 amide bonds. The van der Waals surface area contributed by atoms with E-state index in [0.29, 0.717) is 29.6 Å². The molecule has 5 rings (SSSR count). The van der Waals surface area contributed by atoms with E-state index in [9.17, 15) is 4.39 Å². The smallest absolute Gasteiger partial charge is 0.299 e. The summed E-state index contributed by atoms with van der Waals surface area (Å²) < 4.78 is 25.9. The van der Waals surface area contributed by atoms with Crippen LogP contribution in [0.1, 0.15) is 25.0 Å². The highest BCUT2D eigenvalue weighted by Crippen LogP contribution is 2.39. The summed E-state index contributed by atoms with van der Waals surface area (Å²) >= 11 is 0. The Balaban J connectivity index is 1.42. The van der Waals surface area contributed by atoms with Crippen LogP contribution < -0.4 is 20.3 Å². The van der Waals surface area contributed by atoms with E-state index in [1.165, 1.54) is 17.2 Å². The van der Waals surface area contributed by atoms with Gasteiger partial charge < -0.3 is 24.7 Å². The van der Waals surface area contributed by atoms with E-state index in [0.717, 1.165) is 37.4 Å². The van der Waals surface area contributed by atoms with E-state index in [1.54, 1.807) is 6.26 Å². The zero-order chi connectivity index (χ0) is 20.7. The molecule has 0 atom stereocenters. The number of hydrogen-bond donors (Lipinski definition) is 2. The number of aromatic nitrogens is 1. The van der Waals surface area contributed by atoms with Gasteiger partial charge in [0.15, 0.2) is 11.6 Å². The van der Waals surface area contributed by atoms with Crippen molar-refractivity contribution in [2.45, 2.75) is 32.9 Å². The summed E-state index contributed by atoms with van der Waals surface area (Å²) in [7, 11) is 0. The van der Waals surface area contributed by atoms with Gasteiger partial charge in [0.1, 0.15) is 18.6 Å². The van der Waals surface area contributed by atoms with Crippen molar-refractivity contribution in [3.63, 3.8) is 0 Å². The Labute approximate surface area is 175 Å². The lowest BCUT2D eigenvalue weighted by atomic mass is 10.0. The minimum atomic E-state index is -0.382. The van der Waals surface area contributed by atoms with Crippen LogP contribution in [0.3, 0.4) is 0 Å². The largest absolute Gasteiger partial charge is 0.486 e. The Morgan fingerprint density at radius 1 is 1.20 bits per heavy atom. The number of ether oxygens (including phenoxy) is 1. The second-order valence-electron chi connectivity index (χ2n) is 8.02. The summed E-state index contributed by atoms with van der Waals surface area (Å²) in [5, 5.41) is 6.60.